The van der Waals surface area contributed by atoms with E-state index in [0.717, 1.165) is 63.2 Å². The predicted molar refractivity (Wildman–Crippen MR) is 107 cm³/mol. The Hall–Kier alpha value is -2.17. The Morgan fingerprint density at radius 2 is 1.78 bits per heavy atom. The van der Waals surface area contributed by atoms with Crippen molar-refractivity contribution in [1.82, 2.24) is 9.80 Å². The average molecular weight is 364 g/mol. The summed E-state index contributed by atoms with van der Waals surface area (Å²) < 4.78 is 5.55. The van der Waals surface area contributed by atoms with Crippen molar-refractivity contribution >= 4 is 5.97 Å². The number of cyclic esters (lactones) is 1. The highest BCUT2D eigenvalue weighted by atomic mass is 16.5. The summed E-state index contributed by atoms with van der Waals surface area (Å²) >= 11 is 0. The van der Waals surface area contributed by atoms with Crippen LogP contribution in [-0.2, 0) is 11.3 Å². The second-order valence-corrected chi connectivity index (χ2v) is 7.73. The van der Waals surface area contributed by atoms with Crippen LogP contribution in [0.4, 0.5) is 0 Å². The van der Waals surface area contributed by atoms with Crippen molar-refractivity contribution < 1.29 is 9.53 Å². The number of carbonyl (C=O) groups excluding carboxylic acids is 1. The third-order valence-corrected chi connectivity index (χ3v) is 5.67. The van der Waals surface area contributed by atoms with Gasteiger partial charge in [0.25, 0.3) is 0 Å². The topological polar surface area (TPSA) is 32.8 Å². The zero-order chi connectivity index (χ0) is 18.6. The van der Waals surface area contributed by atoms with E-state index in [4.69, 9.17) is 4.74 Å². The smallest absolute Gasteiger partial charge is 0.339 e. The number of benzene rings is 2. The van der Waals surface area contributed by atoms with Crippen molar-refractivity contribution in [3.05, 3.63) is 70.8 Å². The molecule has 0 amide bonds. The van der Waals surface area contributed by atoms with Gasteiger partial charge in [-0.1, -0.05) is 48.0 Å². The van der Waals surface area contributed by atoms with Gasteiger partial charge in [0.15, 0.2) is 0 Å². The lowest BCUT2D eigenvalue weighted by Gasteiger charge is -2.34. The number of ether oxygens (including phenoxy) is 1. The Morgan fingerprint density at radius 1 is 1.00 bits per heavy atom. The molecule has 2 heterocycles. The molecule has 1 atom stereocenters. The highest BCUT2D eigenvalue weighted by molar-refractivity contribution is 5.93. The van der Waals surface area contributed by atoms with Gasteiger partial charge in [0.05, 0.1) is 5.56 Å². The van der Waals surface area contributed by atoms with Crippen molar-refractivity contribution in [1.29, 1.82) is 0 Å². The highest BCUT2D eigenvalue weighted by Gasteiger charge is 2.30. The van der Waals surface area contributed by atoms with Gasteiger partial charge in [-0.05, 0) is 37.9 Å². The standard InChI is InChI=1S/C23H28N2O2/c1-18-6-4-7-19(16-18)17-25-14-12-24(13-15-25)11-5-10-22-20-8-2-3-9-21(20)23(26)27-22/h2-4,6-9,16,22H,5,10-15,17H2,1H3. The van der Waals surface area contributed by atoms with E-state index in [0.29, 0.717) is 0 Å². The van der Waals surface area contributed by atoms with E-state index in [1.54, 1.807) is 0 Å². The van der Waals surface area contributed by atoms with Crippen molar-refractivity contribution in [2.24, 2.45) is 0 Å². The molecule has 0 spiro atoms. The summed E-state index contributed by atoms with van der Waals surface area (Å²) in [5.74, 6) is -0.166. The molecule has 4 nitrogen and oxygen atoms in total. The molecule has 0 bridgehead atoms. The molecular formula is C23H28N2O2. The normalized spacial score (nSPS) is 20.5. The van der Waals surface area contributed by atoms with Gasteiger partial charge in [-0.3, -0.25) is 4.90 Å². The maximum absolute atomic E-state index is 11.9. The molecule has 0 saturated carbocycles. The van der Waals surface area contributed by atoms with E-state index in [1.807, 2.05) is 24.3 Å². The minimum absolute atomic E-state index is 0.0590. The fraction of sp³-hybridized carbons (Fsp3) is 0.435. The average Bonchev–Trinajstić information content (AvgIpc) is 3.00. The largest absolute Gasteiger partial charge is 0.454 e. The van der Waals surface area contributed by atoms with Gasteiger partial charge in [0, 0.05) is 38.3 Å². The number of rotatable bonds is 6. The van der Waals surface area contributed by atoms with Crippen molar-refractivity contribution in [2.75, 3.05) is 32.7 Å². The van der Waals surface area contributed by atoms with Crippen LogP contribution in [0.1, 0.15) is 46.0 Å². The minimum Gasteiger partial charge on any atom is -0.454 e. The van der Waals surface area contributed by atoms with Crippen molar-refractivity contribution in [3.63, 3.8) is 0 Å². The lowest BCUT2D eigenvalue weighted by Crippen LogP contribution is -2.46. The number of fused-ring (bicyclic) bond motifs is 1. The van der Waals surface area contributed by atoms with E-state index in [1.165, 1.54) is 11.1 Å². The second-order valence-electron chi connectivity index (χ2n) is 7.73. The van der Waals surface area contributed by atoms with Gasteiger partial charge in [-0.15, -0.1) is 0 Å². The SMILES string of the molecule is Cc1cccc(CN2CCN(CCCC3OC(=O)c4ccccc43)CC2)c1. The lowest BCUT2D eigenvalue weighted by atomic mass is 10.0. The van der Waals surface area contributed by atoms with Crippen LogP contribution in [0.5, 0.6) is 0 Å². The molecule has 2 aromatic rings. The van der Waals surface area contributed by atoms with Crippen LogP contribution in [0.3, 0.4) is 0 Å². The number of carbonyl (C=O) groups is 1. The van der Waals surface area contributed by atoms with E-state index in [9.17, 15) is 4.79 Å². The number of nitrogens with zero attached hydrogens (tertiary/aromatic N) is 2. The molecule has 4 heteroatoms. The van der Waals surface area contributed by atoms with Crippen LogP contribution in [-0.4, -0.2) is 48.5 Å². The first-order valence-electron chi connectivity index (χ1n) is 9.99. The van der Waals surface area contributed by atoms with Gasteiger partial charge in [0.2, 0.25) is 0 Å². The highest BCUT2D eigenvalue weighted by Crippen LogP contribution is 2.33. The minimum atomic E-state index is -0.166. The lowest BCUT2D eigenvalue weighted by molar-refractivity contribution is 0.0353. The Morgan fingerprint density at radius 3 is 2.59 bits per heavy atom. The summed E-state index contributed by atoms with van der Waals surface area (Å²) in [4.78, 5) is 17.0. The molecule has 2 aliphatic rings. The van der Waals surface area contributed by atoms with Gasteiger partial charge < -0.3 is 9.64 Å². The van der Waals surface area contributed by atoms with E-state index >= 15 is 0 Å². The van der Waals surface area contributed by atoms with Crippen molar-refractivity contribution in [2.45, 2.75) is 32.4 Å². The molecule has 1 unspecified atom stereocenters. The molecule has 2 aromatic carbocycles. The van der Waals surface area contributed by atoms with Crippen LogP contribution >= 0.6 is 0 Å². The molecule has 4 rings (SSSR count). The van der Waals surface area contributed by atoms with Gasteiger partial charge in [-0.25, -0.2) is 4.79 Å². The third-order valence-electron chi connectivity index (χ3n) is 5.67. The van der Waals surface area contributed by atoms with Crippen LogP contribution in [0.15, 0.2) is 48.5 Å². The molecular weight excluding hydrogens is 336 g/mol. The van der Waals surface area contributed by atoms with Gasteiger partial charge in [-0.2, -0.15) is 0 Å². The number of hydrogen-bond acceptors (Lipinski definition) is 4. The fourth-order valence-electron chi connectivity index (χ4n) is 4.17. The quantitative estimate of drug-likeness (QED) is 0.730. The van der Waals surface area contributed by atoms with E-state index in [2.05, 4.69) is 41.0 Å². The number of hydrogen-bond donors (Lipinski definition) is 0. The van der Waals surface area contributed by atoms with E-state index in [-0.39, 0.29) is 12.1 Å². The maximum atomic E-state index is 11.9. The molecule has 1 saturated heterocycles. The molecule has 0 aliphatic carbocycles. The predicted octanol–water partition coefficient (Wildman–Crippen LogP) is 3.80. The molecule has 2 aliphatic heterocycles. The fourth-order valence-corrected chi connectivity index (χ4v) is 4.17. The summed E-state index contributed by atoms with van der Waals surface area (Å²) in [6.45, 7) is 8.75. The van der Waals surface area contributed by atoms with Crippen LogP contribution in [0, 0.1) is 6.92 Å². The monoisotopic (exact) mass is 364 g/mol. The Kier molecular flexibility index (Phi) is 5.55. The number of aryl methyl sites for hydroxylation is 1. The van der Waals surface area contributed by atoms with Crippen LogP contribution < -0.4 is 0 Å². The van der Waals surface area contributed by atoms with Gasteiger partial charge in [0.1, 0.15) is 6.10 Å². The maximum Gasteiger partial charge on any atom is 0.339 e. The summed E-state index contributed by atoms with van der Waals surface area (Å²) in [6.07, 6.45) is 1.91. The first kappa shape index (κ1) is 18.2. The Bertz CT molecular complexity index is 796. The summed E-state index contributed by atoms with van der Waals surface area (Å²) in [5, 5.41) is 0. The van der Waals surface area contributed by atoms with Crippen LogP contribution in [0.25, 0.3) is 0 Å². The first-order valence-corrected chi connectivity index (χ1v) is 9.99. The number of piperazine rings is 1. The summed E-state index contributed by atoms with van der Waals surface area (Å²) in [7, 11) is 0. The Labute approximate surface area is 161 Å². The Balaban J connectivity index is 1.20. The second kappa shape index (κ2) is 8.24. The molecule has 0 aromatic heterocycles. The first-order chi connectivity index (χ1) is 13.2. The van der Waals surface area contributed by atoms with Crippen LogP contribution in [0.2, 0.25) is 0 Å². The van der Waals surface area contributed by atoms with Crippen molar-refractivity contribution in [3.8, 4) is 0 Å². The van der Waals surface area contributed by atoms with E-state index < -0.39 is 0 Å². The van der Waals surface area contributed by atoms with Gasteiger partial charge >= 0.3 is 5.97 Å². The number of esters is 1. The molecule has 0 N–H and O–H groups in total. The molecule has 27 heavy (non-hydrogen) atoms. The summed E-state index contributed by atoms with van der Waals surface area (Å²) in [5.41, 5.74) is 4.54. The zero-order valence-corrected chi connectivity index (χ0v) is 16.1. The summed E-state index contributed by atoms with van der Waals surface area (Å²) in [6, 6.07) is 16.6. The molecule has 0 radical (unpaired) electrons. The third kappa shape index (κ3) is 4.40. The zero-order valence-electron chi connectivity index (χ0n) is 16.1. The molecule has 142 valence electrons. The molecule has 1 fully saturated rings.